The van der Waals surface area contributed by atoms with E-state index in [4.69, 9.17) is 16.6 Å². The zero-order valence-corrected chi connectivity index (χ0v) is 17.5. The molecule has 1 aromatic rings. The second kappa shape index (κ2) is 8.63. The van der Waals surface area contributed by atoms with Crippen molar-refractivity contribution in [2.45, 2.75) is 31.6 Å². The predicted molar refractivity (Wildman–Crippen MR) is 108 cm³/mol. The maximum Gasteiger partial charge on any atom is 0.325 e. The molecule has 140 valence electrons. The van der Waals surface area contributed by atoms with Gasteiger partial charge in [0.25, 0.3) is 5.91 Å². The van der Waals surface area contributed by atoms with Crippen molar-refractivity contribution in [3.05, 3.63) is 34.3 Å². The van der Waals surface area contributed by atoms with E-state index in [1.54, 1.807) is 18.8 Å². The van der Waals surface area contributed by atoms with Crippen LogP contribution < -0.4 is 5.32 Å². The number of hydrogen-bond acceptors (Lipinski definition) is 5. The van der Waals surface area contributed by atoms with Gasteiger partial charge in [-0.25, -0.2) is 9.79 Å². The number of carbonyl (C=O) groups excluding carboxylic acids is 2. The minimum atomic E-state index is -0.507. The average Bonchev–Trinajstić information content (AvgIpc) is 2.96. The van der Waals surface area contributed by atoms with Crippen molar-refractivity contribution in [1.29, 1.82) is 0 Å². The van der Waals surface area contributed by atoms with E-state index in [9.17, 15) is 9.59 Å². The van der Waals surface area contributed by atoms with Gasteiger partial charge in [-0.15, -0.1) is 11.6 Å². The highest BCUT2D eigenvalue weighted by molar-refractivity contribution is 9.10. The summed E-state index contributed by atoms with van der Waals surface area (Å²) in [6, 6.07) is 7.06. The monoisotopic (exact) mass is 458 g/mol. The number of nitrogens with zero attached hydrogens (tertiary/aromatic N) is 3. The van der Waals surface area contributed by atoms with Crippen molar-refractivity contribution < 1.29 is 9.59 Å². The van der Waals surface area contributed by atoms with Gasteiger partial charge in [-0.2, -0.15) is 0 Å². The number of unbranched alkanes of at least 4 members (excludes halogenated alkanes) is 1. The van der Waals surface area contributed by atoms with Gasteiger partial charge >= 0.3 is 6.03 Å². The molecule has 0 spiro atoms. The van der Waals surface area contributed by atoms with Crippen molar-refractivity contribution in [3.63, 3.8) is 0 Å². The van der Waals surface area contributed by atoms with E-state index in [-0.39, 0.29) is 5.91 Å². The third-order valence-electron chi connectivity index (χ3n) is 4.32. The third kappa shape index (κ3) is 4.18. The molecule has 2 aliphatic rings. The van der Waals surface area contributed by atoms with Crippen molar-refractivity contribution in [2.75, 3.05) is 18.7 Å². The van der Waals surface area contributed by atoms with Crippen LogP contribution in [0.4, 0.5) is 4.79 Å². The lowest BCUT2D eigenvalue weighted by Crippen LogP contribution is -2.63. The topological polar surface area (TPSA) is 65.0 Å². The van der Waals surface area contributed by atoms with Crippen molar-refractivity contribution in [1.82, 2.24) is 15.1 Å². The number of urea groups is 1. The number of likely N-dealkylation sites (N-methyl/N-ethyl adjacent to an activating group) is 1. The molecule has 2 aliphatic heterocycles. The molecule has 9 heteroatoms. The number of fused-ring (bicyclic) bond motifs is 1. The molecule has 1 aromatic carbocycles. The molecule has 0 radical (unpaired) electrons. The Morgan fingerprint density at radius 3 is 2.88 bits per heavy atom. The van der Waals surface area contributed by atoms with Gasteiger partial charge in [0.2, 0.25) is 0 Å². The number of benzene rings is 1. The Labute approximate surface area is 170 Å². The largest absolute Gasteiger partial charge is 0.331 e. The van der Waals surface area contributed by atoms with Gasteiger partial charge < -0.3 is 9.80 Å². The molecule has 6 nitrogen and oxygen atoms in total. The predicted octanol–water partition coefficient (Wildman–Crippen LogP) is 3.25. The molecule has 1 saturated heterocycles. The zero-order valence-electron chi connectivity index (χ0n) is 14.3. The Balaban J connectivity index is 1.83. The first kappa shape index (κ1) is 19.5. The highest BCUT2D eigenvalue weighted by atomic mass is 79.9. The number of halogens is 2. The van der Waals surface area contributed by atoms with E-state index in [1.165, 1.54) is 4.90 Å². The fourth-order valence-electron chi connectivity index (χ4n) is 2.98. The van der Waals surface area contributed by atoms with E-state index in [0.717, 1.165) is 33.8 Å². The summed E-state index contributed by atoms with van der Waals surface area (Å²) in [5.74, 6) is 1.21. The Morgan fingerprint density at radius 1 is 1.35 bits per heavy atom. The Kier molecular flexibility index (Phi) is 6.47. The van der Waals surface area contributed by atoms with E-state index in [0.29, 0.717) is 12.4 Å². The molecule has 0 saturated carbocycles. The van der Waals surface area contributed by atoms with E-state index < -0.39 is 18.2 Å². The van der Waals surface area contributed by atoms with Crippen LogP contribution in [0.15, 0.2) is 33.7 Å². The standard InChI is InChI=1S/C17H20BrClN4O2S/c1-22-14-13(15(24)21-16(22)25)23(10-11-5-4-6-12(18)9-11)17(20-14)26-8-3-2-7-19/h4-6,9,13-14H,2-3,7-8,10H2,1H3,(H,21,24,25). The number of alkyl halides is 1. The zero-order chi connectivity index (χ0) is 18.7. The van der Waals surface area contributed by atoms with Crippen molar-refractivity contribution >= 4 is 56.4 Å². The van der Waals surface area contributed by atoms with E-state index in [2.05, 4.69) is 21.2 Å². The van der Waals surface area contributed by atoms with Crippen LogP contribution in [0.3, 0.4) is 0 Å². The Morgan fingerprint density at radius 2 is 2.15 bits per heavy atom. The number of rotatable bonds is 6. The van der Waals surface area contributed by atoms with Crippen LogP contribution in [0.5, 0.6) is 0 Å². The fourth-order valence-corrected chi connectivity index (χ4v) is 4.67. The first-order valence-electron chi connectivity index (χ1n) is 8.36. The molecule has 0 aliphatic carbocycles. The van der Waals surface area contributed by atoms with Crippen LogP contribution in [0.25, 0.3) is 0 Å². The molecule has 3 rings (SSSR count). The highest BCUT2D eigenvalue weighted by Crippen LogP contribution is 2.30. The first-order chi connectivity index (χ1) is 12.5. The smallest absolute Gasteiger partial charge is 0.325 e. The summed E-state index contributed by atoms with van der Waals surface area (Å²) in [7, 11) is 1.67. The molecule has 1 N–H and O–H groups in total. The number of hydrogen-bond donors (Lipinski definition) is 1. The first-order valence-corrected chi connectivity index (χ1v) is 10.7. The van der Waals surface area contributed by atoms with Gasteiger partial charge in [0.1, 0.15) is 0 Å². The van der Waals surface area contributed by atoms with E-state index >= 15 is 0 Å². The summed E-state index contributed by atoms with van der Waals surface area (Å²) in [6.45, 7) is 0.553. The van der Waals surface area contributed by atoms with Gasteiger partial charge in [0.15, 0.2) is 17.4 Å². The third-order valence-corrected chi connectivity index (χ3v) is 6.18. The molecule has 1 fully saturated rings. The SMILES string of the molecule is CN1C(=O)NC(=O)C2C1N=C(SCCCCCl)N2Cc1cccc(Br)c1. The normalized spacial score (nSPS) is 22.3. The summed E-state index contributed by atoms with van der Waals surface area (Å²) in [5, 5.41) is 3.22. The lowest BCUT2D eigenvalue weighted by molar-refractivity contribution is -0.127. The molecule has 2 heterocycles. The van der Waals surface area contributed by atoms with E-state index in [1.807, 2.05) is 29.2 Å². The van der Waals surface area contributed by atoms with Crippen molar-refractivity contribution in [2.24, 2.45) is 4.99 Å². The van der Waals surface area contributed by atoms with Crippen LogP contribution in [-0.2, 0) is 11.3 Å². The molecule has 3 amide bonds. The second-order valence-corrected chi connectivity index (χ2v) is 8.53. The number of imide groups is 1. The molecular weight excluding hydrogens is 440 g/mol. The quantitative estimate of drug-likeness (QED) is 0.524. The molecular formula is C17H20BrClN4O2S. The molecule has 26 heavy (non-hydrogen) atoms. The van der Waals surface area contributed by atoms with Gasteiger partial charge in [0.05, 0.1) is 0 Å². The summed E-state index contributed by atoms with van der Waals surface area (Å²) in [5.41, 5.74) is 1.07. The number of thioether (sulfide) groups is 1. The lowest BCUT2D eigenvalue weighted by atomic mass is 10.1. The van der Waals surface area contributed by atoms with Gasteiger partial charge in [0, 0.05) is 29.7 Å². The lowest BCUT2D eigenvalue weighted by Gasteiger charge is -2.36. The van der Waals surface area contributed by atoms with Gasteiger partial charge in [-0.3, -0.25) is 10.1 Å². The minimum Gasteiger partial charge on any atom is -0.331 e. The highest BCUT2D eigenvalue weighted by Gasteiger charge is 2.48. The number of carbonyl (C=O) groups is 2. The molecule has 0 aromatic heterocycles. The van der Waals surface area contributed by atoms with Gasteiger partial charge in [-0.05, 0) is 30.5 Å². The Hall–Kier alpha value is -1.25. The summed E-state index contributed by atoms with van der Waals surface area (Å²) < 4.78 is 0.986. The Bertz CT molecular complexity index is 732. The molecule has 2 unspecified atom stereocenters. The maximum absolute atomic E-state index is 12.5. The second-order valence-electron chi connectivity index (χ2n) is 6.18. The number of amidine groups is 1. The number of aliphatic imine (C=N–C) groups is 1. The summed E-state index contributed by atoms with van der Waals surface area (Å²) in [4.78, 5) is 32.6. The van der Waals surface area contributed by atoms with Crippen LogP contribution in [0, 0.1) is 0 Å². The van der Waals surface area contributed by atoms with Gasteiger partial charge in [-0.1, -0.05) is 39.8 Å². The van der Waals surface area contributed by atoms with Crippen LogP contribution in [0.2, 0.25) is 0 Å². The van der Waals surface area contributed by atoms with Crippen molar-refractivity contribution in [3.8, 4) is 0 Å². The van der Waals surface area contributed by atoms with Crippen LogP contribution >= 0.6 is 39.3 Å². The average molecular weight is 460 g/mol. The van der Waals surface area contributed by atoms with Crippen LogP contribution in [0.1, 0.15) is 18.4 Å². The van der Waals surface area contributed by atoms with Crippen LogP contribution in [-0.4, -0.2) is 57.8 Å². The fraction of sp³-hybridized carbons (Fsp3) is 0.471. The molecule has 0 bridgehead atoms. The summed E-state index contributed by atoms with van der Waals surface area (Å²) >= 11 is 10.8. The number of amides is 3. The number of nitrogens with one attached hydrogen (secondary N) is 1. The maximum atomic E-state index is 12.5. The summed E-state index contributed by atoms with van der Waals surface area (Å²) in [6.07, 6.45) is 1.44. The molecule has 2 atom stereocenters. The minimum absolute atomic E-state index is 0.298.